The second-order valence-corrected chi connectivity index (χ2v) is 11.2. The van der Waals surface area contributed by atoms with Crippen molar-refractivity contribution in [2.24, 2.45) is 0 Å². The fourth-order valence-electron chi connectivity index (χ4n) is 4.15. The molecule has 0 unspecified atom stereocenters. The van der Waals surface area contributed by atoms with Gasteiger partial charge in [-0.15, -0.1) is 0 Å². The van der Waals surface area contributed by atoms with Crippen molar-refractivity contribution in [1.29, 1.82) is 0 Å². The molecule has 3 N–H and O–H groups in total. The van der Waals surface area contributed by atoms with Gasteiger partial charge in [0.05, 0.1) is 36.7 Å². The molecule has 216 valence electrons. The highest BCUT2D eigenvalue weighted by molar-refractivity contribution is 7.92. The van der Waals surface area contributed by atoms with Crippen LogP contribution in [0.5, 0.6) is 11.5 Å². The molecule has 3 aromatic carbocycles. The molecule has 11 nitrogen and oxygen atoms in total. The molecule has 0 bridgehead atoms. The maximum atomic E-state index is 13.5. The van der Waals surface area contributed by atoms with Crippen LogP contribution in [0, 0.1) is 0 Å². The molecule has 1 amide bonds. The lowest BCUT2D eigenvalue weighted by atomic mass is 10.2. The second kappa shape index (κ2) is 12.8. The van der Waals surface area contributed by atoms with Crippen molar-refractivity contribution in [2.45, 2.75) is 31.7 Å². The first-order chi connectivity index (χ1) is 19.6. The fourth-order valence-corrected chi connectivity index (χ4v) is 5.20. The lowest BCUT2D eigenvalue weighted by molar-refractivity contribution is -0.117. The van der Waals surface area contributed by atoms with E-state index in [1.165, 1.54) is 26.4 Å². The molecule has 0 aliphatic rings. The summed E-state index contributed by atoms with van der Waals surface area (Å²) >= 11 is 0. The summed E-state index contributed by atoms with van der Waals surface area (Å²) in [6.45, 7) is 6.92. The minimum atomic E-state index is -4.13. The predicted molar refractivity (Wildman–Crippen MR) is 161 cm³/mol. The van der Waals surface area contributed by atoms with Gasteiger partial charge < -0.3 is 20.1 Å². The van der Waals surface area contributed by atoms with Gasteiger partial charge in [0.1, 0.15) is 11.5 Å². The monoisotopic (exact) mass is 578 g/mol. The third kappa shape index (κ3) is 7.41. The molecule has 4 rings (SSSR count). The van der Waals surface area contributed by atoms with Crippen LogP contribution in [0.25, 0.3) is 11.0 Å². The summed E-state index contributed by atoms with van der Waals surface area (Å²) < 4.78 is 40.3. The number of fused-ring (bicyclic) bond motifs is 1. The molecular weight excluding hydrogens is 544 g/mol. The number of amides is 1. The maximum Gasteiger partial charge on any atom is 0.263 e. The number of hydrogen-bond donors (Lipinski definition) is 3. The number of likely N-dealkylation sites (N-methyl/N-ethyl adjacent to an activating group) is 1. The number of nitrogens with zero attached hydrogens (tertiary/aromatic N) is 3. The zero-order chi connectivity index (χ0) is 29.6. The van der Waals surface area contributed by atoms with Gasteiger partial charge in [0, 0.05) is 35.6 Å². The Kier molecular flexibility index (Phi) is 9.25. The molecule has 0 spiro atoms. The number of sulfonamides is 1. The normalized spacial score (nSPS) is 11.5. The van der Waals surface area contributed by atoms with Gasteiger partial charge in [0.15, 0.2) is 11.6 Å². The lowest BCUT2D eigenvalue weighted by Crippen LogP contribution is -2.37. The number of carbonyl (C=O) groups is 1. The highest BCUT2D eigenvalue weighted by Gasteiger charge is 2.21. The molecule has 41 heavy (non-hydrogen) atoms. The Morgan fingerprint density at radius 3 is 2.10 bits per heavy atom. The van der Waals surface area contributed by atoms with E-state index in [0.29, 0.717) is 33.9 Å². The molecule has 12 heteroatoms. The molecule has 0 aliphatic carbocycles. The number of ether oxygens (including phenoxy) is 2. The minimum absolute atomic E-state index is 0.00422. The van der Waals surface area contributed by atoms with E-state index in [4.69, 9.17) is 9.47 Å². The molecule has 0 atom stereocenters. The molecule has 0 fully saturated rings. The van der Waals surface area contributed by atoms with E-state index in [0.717, 1.165) is 6.54 Å². The van der Waals surface area contributed by atoms with Gasteiger partial charge in [-0.1, -0.05) is 25.1 Å². The maximum absolute atomic E-state index is 13.5. The van der Waals surface area contributed by atoms with Crippen LogP contribution in [0.1, 0.15) is 20.8 Å². The minimum Gasteiger partial charge on any atom is -0.497 e. The number of para-hydroxylation sites is 2. The summed E-state index contributed by atoms with van der Waals surface area (Å²) in [5, 5.41) is 5.93. The summed E-state index contributed by atoms with van der Waals surface area (Å²) in [6, 6.07) is 18.6. The molecule has 0 aliphatic heterocycles. The van der Waals surface area contributed by atoms with Crippen molar-refractivity contribution >= 4 is 50.0 Å². The Balaban J connectivity index is 1.64. The average molecular weight is 579 g/mol. The molecule has 0 saturated heterocycles. The largest absolute Gasteiger partial charge is 0.497 e. The van der Waals surface area contributed by atoms with Crippen LogP contribution in [-0.2, 0) is 14.8 Å². The summed E-state index contributed by atoms with van der Waals surface area (Å²) in [4.78, 5) is 23.7. The molecule has 4 aromatic rings. The number of aromatic nitrogens is 2. The summed E-state index contributed by atoms with van der Waals surface area (Å²) in [5.41, 5.74) is 1.99. The topological polar surface area (TPSA) is 135 Å². The average Bonchev–Trinajstić information content (AvgIpc) is 2.95. The third-order valence-corrected chi connectivity index (χ3v) is 7.66. The van der Waals surface area contributed by atoms with E-state index in [9.17, 15) is 13.2 Å². The van der Waals surface area contributed by atoms with Crippen molar-refractivity contribution in [3.8, 4) is 11.5 Å². The Labute approximate surface area is 240 Å². The molecule has 1 heterocycles. The van der Waals surface area contributed by atoms with Crippen LogP contribution in [0.3, 0.4) is 0 Å². The van der Waals surface area contributed by atoms with Gasteiger partial charge in [-0.2, -0.15) is 0 Å². The summed E-state index contributed by atoms with van der Waals surface area (Å²) in [6.07, 6.45) is 0. The van der Waals surface area contributed by atoms with Gasteiger partial charge in [-0.3, -0.25) is 14.4 Å². The number of rotatable bonds is 12. The Morgan fingerprint density at radius 1 is 0.878 bits per heavy atom. The Hall–Kier alpha value is -4.42. The van der Waals surface area contributed by atoms with Crippen molar-refractivity contribution in [2.75, 3.05) is 42.7 Å². The van der Waals surface area contributed by atoms with Crippen molar-refractivity contribution in [3.05, 3.63) is 66.7 Å². The number of methoxy groups -OCH3 is 2. The van der Waals surface area contributed by atoms with Crippen LogP contribution in [-0.4, -0.2) is 62.5 Å². The predicted octanol–water partition coefficient (Wildman–Crippen LogP) is 4.86. The van der Waals surface area contributed by atoms with E-state index in [1.54, 1.807) is 48.5 Å². The summed E-state index contributed by atoms with van der Waals surface area (Å²) in [7, 11) is -1.05. The van der Waals surface area contributed by atoms with E-state index < -0.39 is 10.0 Å². The zero-order valence-corrected chi connectivity index (χ0v) is 24.5. The fraction of sp³-hybridized carbons (Fsp3) is 0.276. The first-order valence-electron chi connectivity index (χ1n) is 13.1. The van der Waals surface area contributed by atoms with Gasteiger partial charge >= 0.3 is 0 Å². The molecule has 1 aromatic heterocycles. The number of benzene rings is 3. The lowest BCUT2D eigenvalue weighted by Gasteiger charge is -2.23. The number of hydrogen-bond acceptors (Lipinski definition) is 9. The zero-order valence-electron chi connectivity index (χ0n) is 23.6. The Morgan fingerprint density at radius 2 is 1.51 bits per heavy atom. The first-order valence-corrected chi connectivity index (χ1v) is 14.5. The van der Waals surface area contributed by atoms with Crippen LogP contribution in [0.4, 0.5) is 23.0 Å². The van der Waals surface area contributed by atoms with Crippen LogP contribution in [0.15, 0.2) is 71.6 Å². The van der Waals surface area contributed by atoms with E-state index in [2.05, 4.69) is 25.3 Å². The van der Waals surface area contributed by atoms with E-state index >= 15 is 0 Å². The first kappa shape index (κ1) is 29.6. The van der Waals surface area contributed by atoms with Crippen LogP contribution >= 0.6 is 0 Å². The highest BCUT2D eigenvalue weighted by Crippen LogP contribution is 2.31. The molecule has 0 saturated carbocycles. The number of carbonyl (C=O) groups excluding carboxylic acids is 1. The SMILES string of the molecule is CCN(CC(=O)Nc1cccc(S(=O)(=O)Nc2nc3ccccc3nc2Nc2cc(OC)cc(OC)c2)c1)C(C)C. The van der Waals surface area contributed by atoms with Gasteiger partial charge in [0.2, 0.25) is 5.91 Å². The van der Waals surface area contributed by atoms with E-state index in [-0.39, 0.29) is 35.0 Å². The standard InChI is InChI=1S/C29H34N6O5S/c1-6-35(19(2)3)18-27(36)30-20-10-9-11-24(16-20)41(37,38)34-29-28(32-25-12-7-8-13-26(25)33-29)31-21-14-22(39-4)17-23(15-21)40-5/h7-17,19H,6,18H2,1-5H3,(H,30,36)(H,31,32)(H,33,34). The smallest absolute Gasteiger partial charge is 0.263 e. The van der Waals surface area contributed by atoms with E-state index in [1.807, 2.05) is 31.7 Å². The third-order valence-electron chi connectivity index (χ3n) is 6.33. The van der Waals surface area contributed by atoms with Gasteiger partial charge in [-0.25, -0.2) is 18.4 Å². The van der Waals surface area contributed by atoms with Crippen molar-refractivity contribution in [3.63, 3.8) is 0 Å². The van der Waals surface area contributed by atoms with Crippen molar-refractivity contribution < 1.29 is 22.7 Å². The quantitative estimate of drug-likeness (QED) is 0.215. The van der Waals surface area contributed by atoms with Crippen molar-refractivity contribution in [1.82, 2.24) is 14.9 Å². The second-order valence-electron chi connectivity index (χ2n) is 9.47. The summed E-state index contributed by atoms with van der Waals surface area (Å²) in [5.74, 6) is 1.02. The number of anilines is 4. The van der Waals surface area contributed by atoms with Gasteiger partial charge in [0.25, 0.3) is 10.0 Å². The number of nitrogens with one attached hydrogen (secondary N) is 3. The van der Waals surface area contributed by atoms with Crippen LogP contribution < -0.4 is 24.8 Å². The molecular formula is C29H34N6O5S. The van der Waals surface area contributed by atoms with Crippen LogP contribution in [0.2, 0.25) is 0 Å². The Bertz CT molecular complexity index is 1620. The highest BCUT2D eigenvalue weighted by atomic mass is 32.2. The van der Waals surface area contributed by atoms with Gasteiger partial charge in [-0.05, 0) is 50.7 Å². The molecule has 0 radical (unpaired) electrons.